The molecule has 0 aromatic carbocycles. The van der Waals surface area contributed by atoms with Gasteiger partial charge in [0.25, 0.3) is 0 Å². The normalized spacial score (nSPS) is 18.2. The molecule has 0 spiro atoms. The molecule has 2 rings (SSSR count). The first-order valence-corrected chi connectivity index (χ1v) is 7.65. The predicted octanol–water partition coefficient (Wildman–Crippen LogP) is 2.68. The largest absolute Gasteiger partial charge is 0.397 e. The zero-order valence-corrected chi connectivity index (χ0v) is 12.3. The van der Waals surface area contributed by atoms with E-state index < -0.39 is 0 Å². The predicted molar refractivity (Wildman–Crippen MR) is 81.2 cm³/mol. The molecule has 110 valence electrons. The van der Waals surface area contributed by atoms with Gasteiger partial charge in [0.1, 0.15) is 0 Å². The zero-order valence-electron chi connectivity index (χ0n) is 12.3. The molecule has 3 N–H and O–H groups in total. The van der Waals surface area contributed by atoms with Crippen LogP contribution in [0.5, 0.6) is 0 Å². The second-order valence-corrected chi connectivity index (χ2v) is 5.87. The van der Waals surface area contributed by atoms with Crippen LogP contribution < -0.4 is 11.1 Å². The van der Waals surface area contributed by atoms with E-state index in [-0.39, 0.29) is 11.9 Å². The van der Waals surface area contributed by atoms with Crippen LogP contribution in [0.1, 0.15) is 51.1 Å². The Hall–Kier alpha value is -1.58. The molecule has 1 aromatic rings. The van der Waals surface area contributed by atoms with Crippen LogP contribution in [0.25, 0.3) is 0 Å². The lowest BCUT2D eigenvalue weighted by atomic mass is 9.93. The molecule has 1 aliphatic carbocycles. The smallest absolute Gasteiger partial charge is 0.226 e. The molecule has 1 amide bonds. The van der Waals surface area contributed by atoms with Gasteiger partial charge in [-0.1, -0.05) is 25.7 Å². The number of amides is 1. The number of nitrogens with zero attached hydrogens (tertiary/aromatic N) is 1. The van der Waals surface area contributed by atoms with Crippen LogP contribution in [0.3, 0.4) is 0 Å². The molecule has 0 unspecified atom stereocenters. The number of nitrogen functional groups attached to an aromatic ring is 1. The number of carbonyl (C=O) groups excluding carboxylic acids is 1. The molecule has 1 saturated carbocycles. The zero-order chi connectivity index (χ0) is 14.4. The van der Waals surface area contributed by atoms with E-state index in [0.717, 1.165) is 5.69 Å². The molecular formula is C16H25N3O. The highest BCUT2D eigenvalue weighted by Crippen LogP contribution is 2.25. The Labute approximate surface area is 121 Å². The van der Waals surface area contributed by atoms with E-state index in [1.807, 2.05) is 6.07 Å². The van der Waals surface area contributed by atoms with Crippen molar-refractivity contribution < 1.29 is 4.79 Å². The van der Waals surface area contributed by atoms with Crippen LogP contribution in [-0.2, 0) is 11.2 Å². The Balaban J connectivity index is 1.82. The minimum absolute atomic E-state index is 0.0546. The number of nitrogens with two attached hydrogens (primary N) is 1. The summed E-state index contributed by atoms with van der Waals surface area (Å²) in [7, 11) is 0. The molecule has 4 nitrogen and oxygen atoms in total. The van der Waals surface area contributed by atoms with Gasteiger partial charge in [0.2, 0.25) is 5.91 Å². The van der Waals surface area contributed by atoms with Gasteiger partial charge in [-0.25, -0.2) is 0 Å². The number of nitrogens with one attached hydrogen (secondary N) is 1. The first-order chi connectivity index (χ1) is 9.65. The maximum atomic E-state index is 12.1. The summed E-state index contributed by atoms with van der Waals surface area (Å²) in [6.45, 7) is 2.13. The summed E-state index contributed by atoms with van der Waals surface area (Å²) in [5.41, 5.74) is 6.98. The van der Waals surface area contributed by atoms with E-state index in [9.17, 15) is 4.79 Å². The molecule has 1 aromatic heterocycles. The molecule has 0 bridgehead atoms. The van der Waals surface area contributed by atoms with Gasteiger partial charge in [0, 0.05) is 11.7 Å². The third-order valence-electron chi connectivity index (χ3n) is 4.18. The molecule has 1 heterocycles. The summed E-state index contributed by atoms with van der Waals surface area (Å²) in [5, 5.41) is 3.13. The molecule has 1 fully saturated rings. The van der Waals surface area contributed by atoms with Crippen LogP contribution in [0.2, 0.25) is 0 Å². The summed E-state index contributed by atoms with van der Waals surface area (Å²) in [6, 6.07) is 3.85. The quantitative estimate of drug-likeness (QED) is 0.830. The van der Waals surface area contributed by atoms with Crippen LogP contribution in [0.15, 0.2) is 18.3 Å². The minimum atomic E-state index is 0.0546. The number of carbonyl (C=O) groups is 1. The van der Waals surface area contributed by atoms with Gasteiger partial charge in [-0.3, -0.25) is 9.78 Å². The molecule has 0 aliphatic heterocycles. The number of rotatable bonds is 4. The van der Waals surface area contributed by atoms with Crippen molar-refractivity contribution in [1.29, 1.82) is 0 Å². The summed E-state index contributed by atoms with van der Waals surface area (Å²) < 4.78 is 0. The first kappa shape index (κ1) is 14.8. The minimum Gasteiger partial charge on any atom is -0.397 e. The fourth-order valence-corrected chi connectivity index (χ4v) is 2.94. The first-order valence-electron chi connectivity index (χ1n) is 7.65. The van der Waals surface area contributed by atoms with E-state index in [0.29, 0.717) is 18.0 Å². The third-order valence-corrected chi connectivity index (χ3v) is 4.18. The molecule has 0 radical (unpaired) electrons. The summed E-state index contributed by atoms with van der Waals surface area (Å²) in [6.07, 6.45) is 9.67. The highest BCUT2D eigenvalue weighted by Gasteiger charge is 2.20. The highest BCUT2D eigenvalue weighted by atomic mass is 16.1. The maximum Gasteiger partial charge on any atom is 0.226 e. The fraction of sp³-hybridized carbons (Fsp3) is 0.625. The number of anilines is 1. The van der Waals surface area contributed by atoms with Crippen molar-refractivity contribution in [2.24, 2.45) is 5.92 Å². The Morgan fingerprint density at radius 1 is 1.35 bits per heavy atom. The topological polar surface area (TPSA) is 68.0 Å². The van der Waals surface area contributed by atoms with E-state index in [1.54, 1.807) is 12.3 Å². The Morgan fingerprint density at radius 3 is 2.65 bits per heavy atom. The van der Waals surface area contributed by atoms with E-state index in [4.69, 9.17) is 5.73 Å². The standard InChI is InChI=1S/C16H25N3O/c1-12(13-6-4-2-3-5-7-13)19-16(20)10-15-9-8-14(17)11-18-15/h8-9,11-13H,2-7,10,17H2,1H3,(H,19,20)/t12-/m1/s1. The molecule has 1 atom stereocenters. The van der Waals surface area contributed by atoms with Gasteiger partial charge in [0.05, 0.1) is 18.3 Å². The lowest BCUT2D eigenvalue weighted by molar-refractivity contribution is -0.121. The van der Waals surface area contributed by atoms with E-state index >= 15 is 0 Å². The van der Waals surface area contributed by atoms with Crippen molar-refractivity contribution >= 4 is 11.6 Å². The van der Waals surface area contributed by atoms with Crippen molar-refractivity contribution in [2.75, 3.05) is 5.73 Å². The van der Waals surface area contributed by atoms with Crippen LogP contribution in [0, 0.1) is 5.92 Å². The van der Waals surface area contributed by atoms with Crippen molar-refractivity contribution in [2.45, 2.75) is 57.9 Å². The lowest BCUT2D eigenvalue weighted by Crippen LogP contribution is -2.38. The van der Waals surface area contributed by atoms with Crippen LogP contribution in [-0.4, -0.2) is 16.9 Å². The summed E-state index contributed by atoms with van der Waals surface area (Å²) in [4.78, 5) is 16.2. The van der Waals surface area contributed by atoms with Gasteiger partial charge in [-0.15, -0.1) is 0 Å². The molecule has 4 heteroatoms. The van der Waals surface area contributed by atoms with E-state index in [1.165, 1.54) is 38.5 Å². The van der Waals surface area contributed by atoms with Gasteiger partial charge in [-0.05, 0) is 37.8 Å². The highest BCUT2D eigenvalue weighted by molar-refractivity contribution is 5.78. The van der Waals surface area contributed by atoms with Crippen LogP contribution >= 0.6 is 0 Å². The van der Waals surface area contributed by atoms with Crippen LogP contribution in [0.4, 0.5) is 5.69 Å². The third kappa shape index (κ3) is 4.51. The Morgan fingerprint density at radius 2 is 2.05 bits per heavy atom. The Kier molecular flexibility index (Phi) is 5.39. The second-order valence-electron chi connectivity index (χ2n) is 5.87. The van der Waals surface area contributed by atoms with Gasteiger partial charge >= 0.3 is 0 Å². The molecular weight excluding hydrogens is 250 g/mol. The second kappa shape index (κ2) is 7.27. The summed E-state index contributed by atoms with van der Waals surface area (Å²) >= 11 is 0. The number of pyridine rings is 1. The van der Waals surface area contributed by atoms with Crippen molar-refractivity contribution in [1.82, 2.24) is 10.3 Å². The van der Waals surface area contributed by atoms with Gasteiger partial charge in [0.15, 0.2) is 0 Å². The molecule has 1 aliphatic rings. The van der Waals surface area contributed by atoms with Crippen molar-refractivity contribution in [3.63, 3.8) is 0 Å². The number of aromatic nitrogens is 1. The SMILES string of the molecule is C[C@@H](NC(=O)Cc1ccc(N)cn1)C1CCCCCC1. The molecule has 20 heavy (non-hydrogen) atoms. The van der Waals surface area contributed by atoms with Gasteiger partial charge < -0.3 is 11.1 Å². The number of hydrogen-bond donors (Lipinski definition) is 2. The maximum absolute atomic E-state index is 12.1. The lowest BCUT2D eigenvalue weighted by Gasteiger charge is -2.23. The van der Waals surface area contributed by atoms with Crippen molar-refractivity contribution in [3.8, 4) is 0 Å². The molecule has 0 saturated heterocycles. The Bertz CT molecular complexity index is 422. The average molecular weight is 275 g/mol. The van der Waals surface area contributed by atoms with E-state index in [2.05, 4.69) is 17.2 Å². The fourth-order valence-electron chi connectivity index (χ4n) is 2.94. The monoisotopic (exact) mass is 275 g/mol. The van der Waals surface area contributed by atoms with Gasteiger partial charge in [-0.2, -0.15) is 0 Å². The number of hydrogen-bond acceptors (Lipinski definition) is 3. The average Bonchev–Trinajstić information content (AvgIpc) is 2.70. The van der Waals surface area contributed by atoms with Crippen molar-refractivity contribution in [3.05, 3.63) is 24.0 Å². The summed E-state index contributed by atoms with van der Waals surface area (Å²) in [5.74, 6) is 0.680.